The minimum atomic E-state index is -2.93. The Hall–Kier alpha value is -2.74. The predicted molar refractivity (Wildman–Crippen MR) is 186 cm³/mol. The summed E-state index contributed by atoms with van der Waals surface area (Å²) in [6, 6.07) is 11.9. The van der Waals surface area contributed by atoms with E-state index in [0.29, 0.717) is 30.4 Å². The van der Waals surface area contributed by atoms with Gasteiger partial charge in [-0.15, -0.1) is 6.58 Å². The number of methoxy groups -OCH3 is 1. The molecular weight excluding hydrogens is 604 g/mol. The molecule has 1 spiro atoms. The molecule has 2 bridgehead atoms. The summed E-state index contributed by atoms with van der Waals surface area (Å²) < 4.78 is 29.6. The number of fused-ring (bicyclic) bond motifs is 4. The van der Waals surface area contributed by atoms with E-state index in [1.807, 2.05) is 38.3 Å². The largest absolute Gasteiger partial charge is 0.490 e. The zero-order valence-electron chi connectivity index (χ0n) is 26.9. The third-order valence-electron chi connectivity index (χ3n) is 11.2. The van der Waals surface area contributed by atoms with Crippen LogP contribution in [0.2, 0.25) is 5.02 Å². The number of carbonyl (C=O) groups excluding carboxylic acids is 1. The summed E-state index contributed by atoms with van der Waals surface area (Å²) in [5, 5.41) is 0.436. The van der Waals surface area contributed by atoms with E-state index in [4.69, 9.17) is 21.1 Å². The van der Waals surface area contributed by atoms with Crippen molar-refractivity contribution in [3.05, 3.63) is 82.9 Å². The lowest BCUT2D eigenvalue weighted by atomic mass is 9.63. The maximum absolute atomic E-state index is 13.8. The van der Waals surface area contributed by atoms with E-state index in [2.05, 4.69) is 53.3 Å². The number of halogens is 1. The maximum atomic E-state index is 13.8. The highest BCUT2D eigenvalue weighted by atomic mass is 35.5. The van der Waals surface area contributed by atoms with Crippen molar-refractivity contribution in [3.8, 4) is 5.75 Å². The minimum absolute atomic E-state index is 0.0373. The lowest BCUT2D eigenvalue weighted by Gasteiger charge is -2.50. The van der Waals surface area contributed by atoms with E-state index < -0.39 is 15.3 Å². The molecule has 242 valence electrons. The smallest absolute Gasteiger partial charge is 0.262 e. The number of allylic oxidation sites excluding steroid dienone is 1. The average Bonchev–Trinajstić information content (AvgIpc) is 3.15. The number of nitrogens with one attached hydrogen (secondary N) is 1. The molecule has 1 unspecified atom stereocenters. The lowest BCUT2D eigenvalue weighted by molar-refractivity contribution is -0.0728. The van der Waals surface area contributed by atoms with Gasteiger partial charge in [0.2, 0.25) is 0 Å². The molecular formula is C37H47ClN2O4S. The second-order valence-electron chi connectivity index (χ2n) is 13.9. The van der Waals surface area contributed by atoms with E-state index in [0.717, 1.165) is 68.1 Å². The Morgan fingerprint density at radius 2 is 2.04 bits per heavy atom. The quantitative estimate of drug-likeness (QED) is 0.282. The molecule has 2 aliphatic heterocycles. The fourth-order valence-electron chi connectivity index (χ4n) is 8.20. The molecule has 0 aromatic heterocycles. The van der Waals surface area contributed by atoms with Crippen molar-refractivity contribution < 1.29 is 18.5 Å². The minimum Gasteiger partial charge on any atom is -0.490 e. The van der Waals surface area contributed by atoms with Crippen LogP contribution < -0.4 is 14.4 Å². The summed E-state index contributed by atoms with van der Waals surface area (Å²) in [6.07, 6.45) is 13.0. The summed E-state index contributed by atoms with van der Waals surface area (Å²) in [4.78, 5) is 16.1. The highest BCUT2D eigenvalue weighted by Gasteiger charge is 2.48. The van der Waals surface area contributed by atoms with Crippen LogP contribution in [0.15, 0.2) is 61.2 Å². The van der Waals surface area contributed by atoms with Gasteiger partial charge in [-0.25, -0.2) is 4.21 Å². The van der Waals surface area contributed by atoms with E-state index in [-0.39, 0.29) is 22.5 Å². The van der Waals surface area contributed by atoms with Crippen molar-refractivity contribution >= 4 is 38.8 Å². The fraction of sp³-hybridized carbons (Fsp3) is 0.514. The van der Waals surface area contributed by atoms with Gasteiger partial charge in [0.25, 0.3) is 5.91 Å². The molecule has 0 saturated heterocycles. The molecule has 1 saturated carbocycles. The van der Waals surface area contributed by atoms with E-state index >= 15 is 0 Å². The fourth-order valence-corrected chi connectivity index (χ4v) is 9.87. The molecule has 4 aliphatic rings. The normalized spacial score (nSPS) is 35.6. The monoisotopic (exact) mass is 650 g/mol. The number of benzene rings is 2. The number of rotatable bonds is 3. The number of aryl methyl sites for hydroxylation is 1. The SMILES string of the molecule is C=CC[C@@]1(OC)/C=C/C[C@H](C)[C@@H](C)S(=C)(=O)NC(=O)c2ccc3c(c2)N(C[C@@H]2CC[C@H]21)C[C@@]1(CCCc2cc(Cl)ccc21)CO3. The number of hydrogen-bond acceptors (Lipinski definition) is 5. The Kier molecular flexibility index (Phi) is 8.92. The summed E-state index contributed by atoms with van der Waals surface area (Å²) in [5.41, 5.74) is 3.28. The molecule has 2 heterocycles. The molecule has 6 rings (SSSR count). The standard InChI is InChI=1S/C37H47ClN2O4S/c1-6-17-37(43-4)19-7-9-25(2)26(3)45(5,42)39-35(41)28-12-16-34-33(21-28)40(22-29-11-14-32(29)37)23-36(24-44-34)18-8-10-27-20-30(38)13-15-31(27)36/h6-7,12-13,15-16,19-21,25-26,29,32H,1,5,8-11,14,17-18,22-24H2,2-4H3,(H,39,41,42)/b19-7+/t25-,26+,29-,32+,36-,37+,45?/m0/s1. The molecule has 2 aromatic rings. The van der Waals surface area contributed by atoms with Crippen molar-refractivity contribution in [2.75, 3.05) is 31.7 Å². The first kappa shape index (κ1) is 32.2. The van der Waals surface area contributed by atoms with Crippen molar-refractivity contribution in [2.24, 2.45) is 17.8 Å². The zero-order chi connectivity index (χ0) is 32.0. The van der Waals surface area contributed by atoms with Gasteiger partial charge in [-0.05, 0) is 117 Å². The highest BCUT2D eigenvalue weighted by molar-refractivity contribution is 7.99. The van der Waals surface area contributed by atoms with Gasteiger partial charge >= 0.3 is 0 Å². The van der Waals surface area contributed by atoms with Crippen LogP contribution in [0, 0.1) is 17.8 Å². The topological polar surface area (TPSA) is 67.9 Å². The lowest BCUT2D eigenvalue weighted by Crippen LogP contribution is -2.53. The number of nitrogens with zero attached hydrogens (tertiary/aromatic N) is 1. The molecule has 1 amide bonds. The van der Waals surface area contributed by atoms with Crippen LogP contribution in [0.1, 0.15) is 73.9 Å². The molecule has 45 heavy (non-hydrogen) atoms. The van der Waals surface area contributed by atoms with Gasteiger partial charge in [-0.2, -0.15) is 0 Å². The Bertz CT molecular complexity index is 1610. The number of carbonyl (C=O) groups is 1. The Labute approximate surface area is 274 Å². The number of anilines is 1. The predicted octanol–water partition coefficient (Wildman–Crippen LogP) is 7.15. The van der Waals surface area contributed by atoms with Crippen LogP contribution in [0.3, 0.4) is 0 Å². The van der Waals surface area contributed by atoms with Crippen LogP contribution in [0.5, 0.6) is 5.75 Å². The zero-order valence-corrected chi connectivity index (χ0v) is 28.4. The Balaban J connectivity index is 1.46. The van der Waals surface area contributed by atoms with Crippen LogP contribution in [-0.2, 0) is 26.3 Å². The van der Waals surface area contributed by atoms with Crippen LogP contribution in [0.25, 0.3) is 0 Å². The van der Waals surface area contributed by atoms with Crippen molar-refractivity contribution in [3.63, 3.8) is 0 Å². The Morgan fingerprint density at radius 3 is 2.78 bits per heavy atom. The van der Waals surface area contributed by atoms with Crippen LogP contribution in [0.4, 0.5) is 5.69 Å². The summed E-state index contributed by atoms with van der Waals surface area (Å²) >= 11 is 6.45. The first-order chi connectivity index (χ1) is 21.5. The first-order valence-electron chi connectivity index (χ1n) is 16.3. The van der Waals surface area contributed by atoms with Crippen LogP contribution in [-0.4, -0.2) is 53.6 Å². The number of hydrogen-bond donors (Lipinski definition) is 1. The van der Waals surface area contributed by atoms with Crippen molar-refractivity contribution in [1.29, 1.82) is 0 Å². The van der Waals surface area contributed by atoms with Crippen LogP contribution >= 0.6 is 11.6 Å². The molecule has 8 heteroatoms. The third kappa shape index (κ3) is 5.96. The summed E-state index contributed by atoms with van der Waals surface area (Å²) in [6.45, 7) is 10.2. The average molecular weight is 651 g/mol. The second-order valence-corrected chi connectivity index (χ2v) is 16.7. The van der Waals surface area contributed by atoms with Crippen molar-refractivity contribution in [2.45, 2.75) is 75.1 Å². The molecule has 1 N–H and O–H groups in total. The third-order valence-corrected chi connectivity index (χ3v) is 13.6. The van der Waals surface area contributed by atoms with E-state index in [1.54, 1.807) is 6.07 Å². The molecule has 6 nitrogen and oxygen atoms in total. The summed E-state index contributed by atoms with van der Waals surface area (Å²) in [5.74, 6) is 5.13. The highest BCUT2D eigenvalue weighted by Crippen LogP contribution is 2.50. The molecule has 0 radical (unpaired) electrons. The van der Waals surface area contributed by atoms with Gasteiger partial charge in [-0.3, -0.25) is 9.52 Å². The first-order valence-corrected chi connectivity index (χ1v) is 18.5. The molecule has 7 atom stereocenters. The maximum Gasteiger partial charge on any atom is 0.262 e. The van der Waals surface area contributed by atoms with E-state index in [9.17, 15) is 9.00 Å². The molecule has 2 aliphatic carbocycles. The van der Waals surface area contributed by atoms with Gasteiger partial charge in [-0.1, -0.05) is 42.8 Å². The van der Waals surface area contributed by atoms with Gasteiger partial charge in [0.1, 0.15) is 5.75 Å². The number of ether oxygens (including phenoxy) is 2. The van der Waals surface area contributed by atoms with Gasteiger partial charge in [0, 0.05) is 41.5 Å². The summed E-state index contributed by atoms with van der Waals surface area (Å²) in [7, 11) is -1.11. The van der Waals surface area contributed by atoms with E-state index in [1.165, 1.54) is 11.1 Å². The number of amides is 1. The van der Waals surface area contributed by atoms with Gasteiger partial charge < -0.3 is 14.4 Å². The molecule has 1 fully saturated rings. The molecule has 2 aromatic carbocycles. The van der Waals surface area contributed by atoms with Crippen molar-refractivity contribution in [1.82, 2.24) is 4.72 Å². The second kappa shape index (κ2) is 12.5. The van der Waals surface area contributed by atoms with Gasteiger partial charge in [0.05, 0.1) is 27.6 Å². The van der Waals surface area contributed by atoms with Gasteiger partial charge in [0.15, 0.2) is 0 Å². The Morgan fingerprint density at radius 1 is 1.22 bits per heavy atom.